The third-order valence-corrected chi connectivity index (χ3v) is 2.38. The van der Waals surface area contributed by atoms with E-state index in [4.69, 9.17) is 10.5 Å². The molecule has 0 saturated carbocycles. The Bertz CT molecular complexity index is 513. The van der Waals surface area contributed by atoms with Gasteiger partial charge < -0.3 is 5.32 Å². The summed E-state index contributed by atoms with van der Waals surface area (Å²) >= 11 is 0. The summed E-state index contributed by atoms with van der Waals surface area (Å²) in [6.45, 7) is 4.10. The van der Waals surface area contributed by atoms with Crippen LogP contribution in [0.3, 0.4) is 0 Å². The normalized spacial score (nSPS) is 10.4. The molecule has 0 saturated heterocycles. The molecule has 0 heterocycles. The lowest BCUT2D eigenvalue weighted by Gasteiger charge is -2.23. The molecule has 0 fully saturated rings. The highest BCUT2D eigenvalue weighted by atomic mass is 15.3. The molecule has 0 aromatic heterocycles. The van der Waals surface area contributed by atoms with Crippen molar-refractivity contribution in [1.82, 2.24) is 5.32 Å². The first kappa shape index (κ1) is 13.5. The van der Waals surface area contributed by atoms with Crippen molar-refractivity contribution in [1.29, 1.82) is 10.5 Å². The highest BCUT2D eigenvalue weighted by molar-refractivity contribution is 5.96. The van der Waals surface area contributed by atoms with Crippen molar-refractivity contribution in [2.24, 2.45) is 4.99 Å². The lowest BCUT2D eigenvalue weighted by Crippen LogP contribution is -2.40. The highest BCUT2D eigenvalue weighted by Crippen LogP contribution is 2.18. The Labute approximate surface area is 107 Å². The van der Waals surface area contributed by atoms with Gasteiger partial charge in [-0.1, -0.05) is 6.07 Å². The molecule has 0 aliphatic rings. The summed E-state index contributed by atoms with van der Waals surface area (Å²) in [5.41, 5.74) is 3.04. The molecule has 5 nitrogen and oxygen atoms in total. The summed E-state index contributed by atoms with van der Waals surface area (Å²) in [6.07, 6.45) is 1.73. The van der Waals surface area contributed by atoms with Gasteiger partial charge >= 0.3 is 0 Å². The van der Waals surface area contributed by atoms with Gasteiger partial charge in [-0.3, -0.25) is 4.90 Å². The van der Waals surface area contributed by atoms with E-state index in [0.29, 0.717) is 5.96 Å². The van der Waals surface area contributed by atoms with Crippen molar-refractivity contribution in [3.05, 3.63) is 29.3 Å². The van der Waals surface area contributed by atoms with Crippen molar-refractivity contribution < 1.29 is 0 Å². The van der Waals surface area contributed by atoms with E-state index in [-0.39, 0.29) is 6.54 Å². The summed E-state index contributed by atoms with van der Waals surface area (Å²) in [6, 6.07) is 8.03. The number of hydrogen-bond donors (Lipinski definition) is 1. The number of nitrogens with one attached hydrogen (secondary N) is 1. The Morgan fingerprint density at radius 2 is 1.89 bits per heavy atom. The number of rotatable bonds is 2. The minimum absolute atomic E-state index is 0.129. The van der Waals surface area contributed by atoms with Crippen LogP contribution in [-0.2, 0) is 0 Å². The van der Waals surface area contributed by atoms with Crippen LogP contribution in [0.1, 0.15) is 11.1 Å². The van der Waals surface area contributed by atoms with E-state index in [1.807, 2.05) is 26.0 Å². The van der Waals surface area contributed by atoms with Crippen molar-refractivity contribution in [3.63, 3.8) is 0 Å². The van der Waals surface area contributed by atoms with Crippen LogP contribution in [0, 0.1) is 36.6 Å². The smallest absolute Gasteiger partial charge is 0.215 e. The molecule has 92 valence electrons. The minimum atomic E-state index is 0.129. The average Bonchev–Trinajstić information content (AvgIpc) is 2.32. The molecule has 18 heavy (non-hydrogen) atoms. The van der Waals surface area contributed by atoms with Gasteiger partial charge in [0.1, 0.15) is 6.54 Å². The summed E-state index contributed by atoms with van der Waals surface area (Å²) in [7, 11) is 1.67. The van der Waals surface area contributed by atoms with E-state index >= 15 is 0 Å². The second-order valence-corrected chi connectivity index (χ2v) is 3.88. The average molecular weight is 241 g/mol. The second kappa shape index (κ2) is 6.27. The SMILES string of the molecule is CN/C(=N\C#N)N(CC#N)c1cc(C)cc(C)c1. The molecule has 0 spiro atoms. The van der Waals surface area contributed by atoms with Crippen LogP contribution in [-0.4, -0.2) is 19.6 Å². The fourth-order valence-electron chi connectivity index (χ4n) is 1.76. The topological polar surface area (TPSA) is 75.2 Å². The lowest BCUT2D eigenvalue weighted by atomic mass is 10.1. The van der Waals surface area contributed by atoms with Crippen LogP contribution in [0.15, 0.2) is 23.2 Å². The van der Waals surface area contributed by atoms with Gasteiger partial charge in [0.15, 0.2) is 0 Å². The minimum Gasteiger partial charge on any atom is -0.358 e. The van der Waals surface area contributed by atoms with E-state index < -0.39 is 0 Å². The molecular weight excluding hydrogens is 226 g/mol. The number of guanidine groups is 1. The van der Waals surface area contributed by atoms with Gasteiger partial charge in [0.05, 0.1) is 6.07 Å². The second-order valence-electron chi connectivity index (χ2n) is 3.88. The van der Waals surface area contributed by atoms with Crippen LogP contribution >= 0.6 is 0 Å². The molecule has 5 heteroatoms. The van der Waals surface area contributed by atoms with Crippen molar-refractivity contribution in [3.8, 4) is 12.3 Å². The zero-order chi connectivity index (χ0) is 13.5. The first-order valence-corrected chi connectivity index (χ1v) is 5.49. The Hall–Kier alpha value is -2.53. The third kappa shape index (κ3) is 3.23. The third-order valence-electron chi connectivity index (χ3n) is 2.38. The summed E-state index contributed by atoms with van der Waals surface area (Å²) in [4.78, 5) is 5.35. The molecule has 0 unspecified atom stereocenters. The van der Waals surface area contributed by atoms with E-state index in [1.54, 1.807) is 18.1 Å². The Morgan fingerprint density at radius 3 is 2.33 bits per heavy atom. The number of aryl methyl sites for hydroxylation is 2. The van der Waals surface area contributed by atoms with Crippen LogP contribution < -0.4 is 10.2 Å². The predicted octanol–water partition coefficient (Wildman–Crippen LogP) is 1.69. The first-order valence-electron chi connectivity index (χ1n) is 5.49. The molecule has 0 aliphatic carbocycles. The van der Waals surface area contributed by atoms with Gasteiger partial charge in [-0.25, -0.2) is 0 Å². The Kier molecular flexibility index (Phi) is 4.71. The zero-order valence-electron chi connectivity index (χ0n) is 10.7. The molecule has 0 radical (unpaired) electrons. The zero-order valence-corrected chi connectivity index (χ0v) is 10.7. The molecule has 0 bridgehead atoms. The number of benzene rings is 1. The number of nitrogens with zero attached hydrogens (tertiary/aromatic N) is 4. The molecule has 0 aliphatic heterocycles. The van der Waals surface area contributed by atoms with Crippen molar-refractivity contribution in [2.75, 3.05) is 18.5 Å². The predicted molar refractivity (Wildman–Crippen MR) is 71.0 cm³/mol. The highest BCUT2D eigenvalue weighted by Gasteiger charge is 2.13. The fourth-order valence-corrected chi connectivity index (χ4v) is 1.76. The monoisotopic (exact) mass is 241 g/mol. The quantitative estimate of drug-likeness (QED) is 0.370. The van der Waals surface area contributed by atoms with Gasteiger partial charge in [0, 0.05) is 12.7 Å². The largest absolute Gasteiger partial charge is 0.358 e. The van der Waals surface area contributed by atoms with Crippen molar-refractivity contribution >= 4 is 11.6 Å². The Morgan fingerprint density at radius 1 is 1.28 bits per heavy atom. The number of nitriles is 2. The molecule has 1 aromatic rings. The Balaban J connectivity index is 3.24. The van der Waals surface area contributed by atoms with E-state index in [2.05, 4.69) is 22.4 Å². The van der Waals surface area contributed by atoms with Crippen LogP contribution in [0.5, 0.6) is 0 Å². The molecule has 1 aromatic carbocycles. The molecule has 0 amide bonds. The molecule has 1 N–H and O–H groups in total. The summed E-state index contributed by atoms with van der Waals surface area (Å²) in [5, 5.41) is 20.4. The van der Waals surface area contributed by atoms with Gasteiger partial charge in [0.2, 0.25) is 12.2 Å². The molecule has 0 atom stereocenters. The van der Waals surface area contributed by atoms with Gasteiger partial charge in [0.25, 0.3) is 0 Å². The van der Waals surface area contributed by atoms with Gasteiger partial charge in [-0.15, -0.1) is 4.99 Å². The number of aliphatic imine (C=N–C) groups is 1. The maximum absolute atomic E-state index is 8.89. The number of anilines is 1. The summed E-state index contributed by atoms with van der Waals surface area (Å²) < 4.78 is 0. The van der Waals surface area contributed by atoms with Crippen LogP contribution in [0.25, 0.3) is 0 Å². The lowest BCUT2D eigenvalue weighted by molar-refractivity contribution is 1.03. The molecule has 1 rings (SSSR count). The molecular formula is C13H15N5. The first-order chi connectivity index (χ1) is 8.62. The maximum atomic E-state index is 8.89. The van der Waals surface area contributed by atoms with E-state index in [9.17, 15) is 0 Å². The maximum Gasteiger partial charge on any atom is 0.215 e. The van der Waals surface area contributed by atoms with E-state index in [0.717, 1.165) is 16.8 Å². The van der Waals surface area contributed by atoms with Gasteiger partial charge in [-0.2, -0.15) is 10.5 Å². The number of hydrogen-bond acceptors (Lipinski definition) is 3. The van der Waals surface area contributed by atoms with E-state index in [1.165, 1.54) is 0 Å². The standard InChI is InChI=1S/C13H15N5/c1-10-6-11(2)8-12(7-10)18(5-4-14)13(16-3)17-9-15/h6-8H,5H2,1-3H3,(H,16,17). The van der Waals surface area contributed by atoms with Crippen molar-refractivity contribution in [2.45, 2.75) is 13.8 Å². The van der Waals surface area contributed by atoms with Gasteiger partial charge in [-0.05, 0) is 37.1 Å². The van der Waals surface area contributed by atoms with Crippen LogP contribution in [0.2, 0.25) is 0 Å². The van der Waals surface area contributed by atoms with Crippen LogP contribution in [0.4, 0.5) is 5.69 Å². The summed E-state index contributed by atoms with van der Waals surface area (Å²) in [5.74, 6) is 0.365. The fraction of sp³-hybridized carbons (Fsp3) is 0.308.